The van der Waals surface area contributed by atoms with Gasteiger partial charge >= 0.3 is 0 Å². The zero-order chi connectivity index (χ0) is 17.4. The molecule has 7 nitrogen and oxygen atoms in total. The first-order valence-corrected chi connectivity index (χ1v) is 8.56. The fourth-order valence-electron chi connectivity index (χ4n) is 3.51. The van der Waals surface area contributed by atoms with Crippen LogP contribution in [0.15, 0.2) is 36.5 Å². The van der Waals surface area contributed by atoms with Crippen molar-refractivity contribution < 1.29 is 4.79 Å². The summed E-state index contributed by atoms with van der Waals surface area (Å²) in [6.45, 7) is 5.41. The number of benzene rings is 1. The van der Waals surface area contributed by atoms with Crippen molar-refractivity contribution in [1.82, 2.24) is 24.5 Å². The third kappa shape index (κ3) is 2.86. The van der Waals surface area contributed by atoms with E-state index in [0.717, 1.165) is 42.9 Å². The van der Waals surface area contributed by atoms with E-state index in [4.69, 9.17) is 0 Å². The van der Waals surface area contributed by atoms with E-state index in [0.29, 0.717) is 0 Å². The van der Waals surface area contributed by atoms with Crippen LogP contribution in [0.25, 0.3) is 11.0 Å². The molecule has 4 rings (SSSR count). The molecule has 0 N–H and O–H groups in total. The summed E-state index contributed by atoms with van der Waals surface area (Å²) in [4.78, 5) is 16.9. The minimum atomic E-state index is 0.112. The lowest BCUT2D eigenvalue weighted by molar-refractivity contribution is -0.132. The highest BCUT2D eigenvalue weighted by Crippen LogP contribution is 2.18. The molecule has 1 saturated heterocycles. The molecule has 0 radical (unpaired) electrons. The maximum absolute atomic E-state index is 12.7. The molecular weight excluding hydrogens is 316 g/mol. The van der Waals surface area contributed by atoms with E-state index in [9.17, 15) is 4.79 Å². The normalized spacial score (nSPS) is 15.1. The molecule has 0 bridgehead atoms. The van der Waals surface area contributed by atoms with Crippen LogP contribution < -0.4 is 4.90 Å². The lowest BCUT2D eigenvalue weighted by Crippen LogP contribution is -2.49. The first-order chi connectivity index (χ1) is 12.1. The third-order valence-corrected chi connectivity index (χ3v) is 4.85. The van der Waals surface area contributed by atoms with Crippen LogP contribution in [0.4, 0.5) is 5.69 Å². The summed E-state index contributed by atoms with van der Waals surface area (Å²) in [5.74, 6) is 0.112. The van der Waals surface area contributed by atoms with Crippen LogP contribution in [-0.2, 0) is 18.4 Å². The number of aryl methyl sites for hydroxylation is 2. The number of aromatic nitrogens is 4. The number of hydrogen-bond donors (Lipinski definition) is 0. The number of para-hydroxylation sites is 1. The molecule has 0 atom stereocenters. The second-order valence-electron chi connectivity index (χ2n) is 6.45. The van der Waals surface area contributed by atoms with Crippen LogP contribution in [0.1, 0.15) is 5.69 Å². The number of nitrogens with zero attached hydrogens (tertiary/aromatic N) is 6. The highest BCUT2D eigenvalue weighted by Gasteiger charge is 2.22. The highest BCUT2D eigenvalue weighted by atomic mass is 16.2. The molecule has 25 heavy (non-hydrogen) atoms. The molecule has 1 aromatic carbocycles. The summed E-state index contributed by atoms with van der Waals surface area (Å²) in [6.07, 6.45) is 1.77. The van der Waals surface area contributed by atoms with E-state index in [1.165, 1.54) is 5.69 Å². The van der Waals surface area contributed by atoms with Gasteiger partial charge in [-0.3, -0.25) is 14.2 Å². The largest absolute Gasteiger partial charge is 0.368 e. The van der Waals surface area contributed by atoms with Crippen molar-refractivity contribution in [2.75, 3.05) is 31.1 Å². The number of piperazine rings is 1. The van der Waals surface area contributed by atoms with Crippen molar-refractivity contribution in [1.29, 1.82) is 0 Å². The van der Waals surface area contributed by atoms with Gasteiger partial charge in [-0.1, -0.05) is 18.2 Å². The number of rotatable bonds is 3. The Morgan fingerprint density at radius 2 is 1.84 bits per heavy atom. The summed E-state index contributed by atoms with van der Waals surface area (Å²) in [6, 6.07) is 10.3. The number of anilines is 1. The Labute approximate surface area is 146 Å². The molecule has 0 aliphatic carbocycles. The van der Waals surface area contributed by atoms with E-state index >= 15 is 0 Å². The standard InChI is InChI=1S/C18H22N6O/c1-14-18-16(21(2)20-14)12-19-24(18)13-17(25)23-10-8-22(9-11-23)15-6-4-3-5-7-15/h3-7,12H,8-11,13H2,1-2H3. The second-order valence-corrected chi connectivity index (χ2v) is 6.45. The SMILES string of the molecule is Cc1nn(C)c2cnn(CC(=O)N3CCN(c4ccccc4)CC3)c12. The van der Waals surface area contributed by atoms with Crippen molar-refractivity contribution >= 4 is 22.6 Å². The van der Waals surface area contributed by atoms with Gasteiger partial charge in [0.2, 0.25) is 5.91 Å². The van der Waals surface area contributed by atoms with Gasteiger partial charge in [-0.2, -0.15) is 10.2 Å². The van der Waals surface area contributed by atoms with Crippen molar-refractivity contribution in [3.63, 3.8) is 0 Å². The molecular formula is C18H22N6O. The van der Waals surface area contributed by atoms with Gasteiger partial charge < -0.3 is 9.80 Å². The Morgan fingerprint density at radius 3 is 2.56 bits per heavy atom. The summed E-state index contributed by atoms with van der Waals surface area (Å²) in [5.41, 5.74) is 4.02. The number of amides is 1. The van der Waals surface area contributed by atoms with Crippen LogP contribution >= 0.6 is 0 Å². The van der Waals surface area contributed by atoms with Gasteiger partial charge in [-0.15, -0.1) is 0 Å². The van der Waals surface area contributed by atoms with Crippen molar-refractivity contribution in [2.24, 2.45) is 7.05 Å². The van der Waals surface area contributed by atoms with Crippen LogP contribution in [0.3, 0.4) is 0 Å². The fourth-order valence-corrected chi connectivity index (χ4v) is 3.51. The van der Waals surface area contributed by atoms with Gasteiger partial charge in [0, 0.05) is 38.9 Å². The Balaban J connectivity index is 1.42. The van der Waals surface area contributed by atoms with E-state index < -0.39 is 0 Å². The summed E-state index contributed by atoms with van der Waals surface area (Å²) in [7, 11) is 1.89. The molecule has 2 aromatic heterocycles. The van der Waals surface area contributed by atoms with E-state index in [1.807, 2.05) is 37.1 Å². The van der Waals surface area contributed by atoms with Gasteiger partial charge in [0.05, 0.1) is 11.9 Å². The minimum Gasteiger partial charge on any atom is -0.368 e. The smallest absolute Gasteiger partial charge is 0.244 e. The minimum absolute atomic E-state index is 0.112. The molecule has 1 amide bonds. The number of hydrogen-bond acceptors (Lipinski definition) is 4. The predicted molar refractivity (Wildman–Crippen MR) is 96.5 cm³/mol. The highest BCUT2D eigenvalue weighted by molar-refractivity contribution is 5.81. The maximum Gasteiger partial charge on any atom is 0.244 e. The Kier molecular flexibility index (Phi) is 3.91. The molecule has 0 unspecified atom stereocenters. The van der Waals surface area contributed by atoms with Crippen molar-refractivity contribution in [2.45, 2.75) is 13.5 Å². The summed E-state index contributed by atoms with van der Waals surface area (Å²) < 4.78 is 3.57. The maximum atomic E-state index is 12.7. The molecule has 3 aromatic rings. The molecule has 130 valence electrons. The van der Waals surface area contributed by atoms with E-state index in [2.05, 4.69) is 27.2 Å². The fraction of sp³-hybridized carbons (Fsp3) is 0.389. The van der Waals surface area contributed by atoms with Gasteiger partial charge in [0.15, 0.2) is 0 Å². The Bertz CT molecular complexity index is 889. The molecule has 7 heteroatoms. The van der Waals surface area contributed by atoms with Crippen LogP contribution in [0.5, 0.6) is 0 Å². The van der Waals surface area contributed by atoms with Crippen LogP contribution in [0, 0.1) is 6.92 Å². The number of fused-ring (bicyclic) bond motifs is 1. The first kappa shape index (κ1) is 15.7. The Morgan fingerprint density at radius 1 is 1.12 bits per heavy atom. The monoisotopic (exact) mass is 338 g/mol. The van der Waals surface area contributed by atoms with Crippen LogP contribution in [-0.4, -0.2) is 56.5 Å². The quantitative estimate of drug-likeness (QED) is 0.725. The zero-order valence-corrected chi connectivity index (χ0v) is 14.6. The first-order valence-electron chi connectivity index (χ1n) is 8.56. The average Bonchev–Trinajstić information content (AvgIpc) is 3.18. The molecule has 0 spiro atoms. The van der Waals surface area contributed by atoms with Gasteiger partial charge in [0.25, 0.3) is 0 Å². The number of carbonyl (C=O) groups is 1. The molecule has 1 aliphatic rings. The van der Waals surface area contributed by atoms with Crippen LogP contribution in [0.2, 0.25) is 0 Å². The molecule has 3 heterocycles. The van der Waals surface area contributed by atoms with Gasteiger partial charge in [-0.05, 0) is 19.1 Å². The average molecular weight is 338 g/mol. The molecule has 1 fully saturated rings. The van der Waals surface area contributed by atoms with Gasteiger partial charge in [-0.25, -0.2) is 0 Å². The second kappa shape index (κ2) is 6.23. The summed E-state index contributed by atoms with van der Waals surface area (Å²) in [5, 5.41) is 8.77. The third-order valence-electron chi connectivity index (χ3n) is 4.85. The number of carbonyl (C=O) groups excluding carboxylic acids is 1. The zero-order valence-electron chi connectivity index (χ0n) is 14.6. The lowest BCUT2D eigenvalue weighted by atomic mass is 10.2. The van der Waals surface area contributed by atoms with E-state index in [1.54, 1.807) is 15.6 Å². The summed E-state index contributed by atoms with van der Waals surface area (Å²) >= 11 is 0. The van der Waals surface area contributed by atoms with Crippen molar-refractivity contribution in [3.8, 4) is 0 Å². The van der Waals surface area contributed by atoms with Gasteiger partial charge in [0.1, 0.15) is 17.6 Å². The topological polar surface area (TPSA) is 59.2 Å². The predicted octanol–water partition coefficient (Wildman–Crippen LogP) is 1.43. The molecule has 0 saturated carbocycles. The molecule has 1 aliphatic heterocycles. The Hall–Kier alpha value is -2.83. The van der Waals surface area contributed by atoms with E-state index in [-0.39, 0.29) is 12.5 Å². The van der Waals surface area contributed by atoms with Crippen molar-refractivity contribution in [3.05, 3.63) is 42.2 Å². The lowest BCUT2D eigenvalue weighted by Gasteiger charge is -2.36.